The summed E-state index contributed by atoms with van der Waals surface area (Å²) in [6, 6.07) is 8.58. The average Bonchev–Trinajstić information content (AvgIpc) is 2.40. The Kier molecular flexibility index (Phi) is 4.75. The number of hydrogen-bond acceptors (Lipinski definition) is 2. The zero-order valence-electron chi connectivity index (χ0n) is 11.2. The number of hydrogen-bond donors (Lipinski definition) is 2. The van der Waals surface area contributed by atoms with Crippen molar-refractivity contribution in [2.45, 2.75) is 13.5 Å². The number of benzene rings is 2. The zero-order chi connectivity index (χ0) is 15.4. The van der Waals surface area contributed by atoms with Crippen molar-refractivity contribution in [2.75, 3.05) is 10.6 Å². The van der Waals surface area contributed by atoms with Gasteiger partial charge in [-0.05, 0) is 30.3 Å². The van der Waals surface area contributed by atoms with Gasteiger partial charge in [0.25, 0.3) is 0 Å². The Morgan fingerprint density at radius 3 is 2.57 bits per heavy atom. The highest BCUT2D eigenvalue weighted by Crippen LogP contribution is 2.21. The van der Waals surface area contributed by atoms with E-state index in [0.717, 1.165) is 0 Å². The molecule has 2 N–H and O–H groups in total. The number of carbonyl (C=O) groups excluding carboxylic acids is 1. The largest absolute Gasteiger partial charge is 0.381 e. The van der Waals surface area contributed by atoms with Gasteiger partial charge in [0.05, 0.1) is 5.69 Å². The third-order valence-electron chi connectivity index (χ3n) is 2.78. The zero-order valence-corrected chi connectivity index (χ0v) is 12.0. The summed E-state index contributed by atoms with van der Waals surface area (Å²) in [4.78, 5) is 11.0. The number of carbonyl (C=O) groups is 1. The minimum absolute atomic E-state index is 0.0732. The summed E-state index contributed by atoms with van der Waals surface area (Å²) in [6.45, 7) is 1.51. The first-order valence-electron chi connectivity index (χ1n) is 6.20. The molecule has 0 aromatic heterocycles. The molecule has 0 heterocycles. The molecule has 0 spiro atoms. The van der Waals surface area contributed by atoms with Gasteiger partial charge in [0.1, 0.15) is 11.6 Å². The molecule has 0 saturated carbocycles. The molecule has 0 aliphatic carbocycles. The highest BCUT2D eigenvalue weighted by Gasteiger charge is 2.06. The lowest BCUT2D eigenvalue weighted by molar-refractivity contribution is -0.114. The number of halogens is 3. The lowest BCUT2D eigenvalue weighted by Crippen LogP contribution is -2.08. The summed E-state index contributed by atoms with van der Waals surface area (Å²) in [5, 5.41) is 5.67. The first kappa shape index (κ1) is 15.3. The van der Waals surface area contributed by atoms with Crippen LogP contribution in [-0.2, 0) is 11.3 Å². The van der Waals surface area contributed by atoms with Crippen molar-refractivity contribution in [2.24, 2.45) is 0 Å². The van der Waals surface area contributed by atoms with E-state index in [-0.39, 0.29) is 18.1 Å². The molecule has 21 heavy (non-hydrogen) atoms. The van der Waals surface area contributed by atoms with Crippen molar-refractivity contribution in [1.82, 2.24) is 0 Å². The van der Waals surface area contributed by atoms with E-state index >= 15 is 0 Å². The van der Waals surface area contributed by atoms with Crippen molar-refractivity contribution in [3.63, 3.8) is 0 Å². The number of rotatable bonds is 4. The lowest BCUT2D eigenvalue weighted by atomic mass is 10.2. The molecular weight excluding hydrogens is 298 g/mol. The highest BCUT2D eigenvalue weighted by molar-refractivity contribution is 6.30. The summed E-state index contributed by atoms with van der Waals surface area (Å²) < 4.78 is 27.1. The second-order valence-electron chi connectivity index (χ2n) is 4.47. The van der Waals surface area contributed by atoms with E-state index in [1.165, 1.54) is 31.2 Å². The van der Waals surface area contributed by atoms with Crippen LogP contribution in [0.25, 0.3) is 0 Å². The Labute approximate surface area is 125 Å². The molecule has 0 aliphatic heterocycles. The Hall–Kier alpha value is -2.14. The van der Waals surface area contributed by atoms with Crippen molar-refractivity contribution in [3.8, 4) is 0 Å². The molecule has 0 radical (unpaired) electrons. The first-order valence-corrected chi connectivity index (χ1v) is 6.58. The van der Waals surface area contributed by atoms with Gasteiger partial charge in [-0.25, -0.2) is 8.78 Å². The van der Waals surface area contributed by atoms with Crippen LogP contribution in [0.1, 0.15) is 12.5 Å². The predicted octanol–water partition coefficient (Wildman–Crippen LogP) is 4.19. The summed E-state index contributed by atoms with van der Waals surface area (Å²) in [5.41, 5.74) is 1.07. The molecule has 2 rings (SSSR count). The van der Waals surface area contributed by atoms with Gasteiger partial charge in [0, 0.05) is 29.7 Å². The van der Waals surface area contributed by atoms with Crippen LogP contribution in [0.4, 0.5) is 20.2 Å². The van der Waals surface area contributed by atoms with Crippen LogP contribution in [0, 0.1) is 11.6 Å². The fraction of sp³-hybridized carbons (Fsp3) is 0.133. The summed E-state index contributed by atoms with van der Waals surface area (Å²) in [7, 11) is 0. The standard InChI is InChI=1S/C15H13ClF2N2O/c1-9(21)20-15-7-12(4-5-13(15)17)19-8-10-2-3-11(16)6-14(10)18/h2-7,19H,8H2,1H3,(H,20,21). The Bertz CT molecular complexity index is 677. The SMILES string of the molecule is CC(=O)Nc1cc(NCc2ccc(Cl)cc2F)ccc1F. The molecule has 0 unspecified atom stereocenters. The second-order valence-corrected chi connectivity index (χ2v) is 4.90. The van der Waals surface area contributed by atoms with Crippen LogP contribution < -0.4 is 10.6 Å². The van der Waals surface area contributed by atoms with Gasteiger partial charge in [-0.3, -0.25) is 4.79 Å². The van der Waals surface area contributed by atoms with Crippen molar-refractivity contribution in [3.05, 3.63) is 58.6 Å². The van der Waals surface area contributed by atoms with E-state index in [2.05, 4.69) is 10.6 Å². The molecule has 6 heteroatoms. The van der Waals surface area contributed by atoms with E-state index < -0.39 is 11.6 Å². The topological polar surface area (TPSA) is 41.1 Å². The fourth-order valence-electron chi connectivity index (χ4n) is 1.78. The Balaban J connectivity index is 2.11. The smallest absolute Gasteiger partial charge is 0.221 e. The normalized spacial score (nSPS) is 10.3. The maximum atomic E-state index is 13.6. The fourth-order valence-corrected chi connectivity index (χ4v) is 1.94. The average molecular weight is 311 g/mol. The van der Waals surface area contributed by atoms with Gasteiger partial charge >= 0.3 is 0 Å². The Morgan fingerprint density at radius 2 is 1.90 bits per heavy atom. The van der Waals surface area contributed by atoms with E-state index in [1.807, 2.05) is 0 Å². The van der Waals surface area contributed by atoms with Crippen molar-refractivity contribution in [1.29, 1.82) is 0 Å². The van der Waals surface area contributed by atoms with Crippen LogP contribution in [-0.4, -0.2) is 5.91 Å². The minimum Gasteiger partial charge on any atom is -0.381 e. The summed E-state index contributed by atoms with van der Waals surface area (Å²) in [5.74, 6) is -1.32. The Morgan fingerprint density at radius 1 is 1.14 bits per heavy atom. The molecule has 110 valence electrons. The van der Waals surface area contributed by atoms with Crippen LogP contribution >= 0.6 is 11.6 Å². The van der Waals surface area contributed by atoms with E-state index in [4.69, 9.17) is 11.6 Å². The van der Waals surface area contributed by atoms with Gasteiger partial charge in [-0.1, -0.05) is 17.7 Å². The molecule has 2 aromatic rings. The van der Waals surface area contributed by atoms with Crippen molar-refractivity contribution < 1.29 is 13.6 Å². The third-order valence-corrected chi connectivity index (χ3v) is 3.01. The molecule has 0 saturated heterocycles. The molecule has 0 fully saturated rings. The first-order chi connectivity index (χ1) is 9.95. The summed E-state index contributed by atoms with van der Waals surface area (Å²) in [6.07, 6.45) is 0. The van der Waals surface area contributed by atoms with Gasteiger partial charge in [-0.15, -0.1) is 0 Å². The number of nitrogens with one attached hydrogen (secondary N) is 2. The second kappa shape index (κ2) is 6.54. The minimum atomic E-state index is -0.534. The van der Waals surface area contributed by atoms with Gasteiger partial charge in [-0.2, -0.15) is 0 Å². The molecule has 0 bridgehead atoms. The van der Waals surface area contributed by atoms with Gasteiger partial charge < -0.3 is 10.6 Å². The summed E-state index contributed by atoms with van der Waals surface area (Å²) >= 11 is 5.68. The predicted molar refractivity (Wildman–Crippen MR) is 79.4 cm³/mol. The van der Waals surface area contributed by atoms with Crippen molar-refractivity contribution >= 4 is 28.9 Å². The molecule has 3 nitrogen and oxygen atoms in total. The van der Waals surface area contributed by atoms with Gasteiger partial charge in [0.2, 0.25) is 5.91 Å². The molecule has 0 atom stereocenters. The highest BCUT2D eigenvalue weighted by atomic mass is 35.5. The molecule has 2 aromatic carbocycles. The lowest BCUT2D eigenvalue weighted by Gasteiger charge is -2.10. The number of anilines is 2. The third kappa shape index (κ3) is 4.16. The number of amides is 1. The van der Waals surface area contributed by atoms with E-state index in [0.29, 0.717) is 16.3 Å². The molecule has 0 aliphatic rings. The van der Waals surface area contributed by atoms with E-state index in [1.54, 1.807) is 12.1 Å². The van der Waals surface area contributed by atoms with Crippen LogP contribution in [0.3, 0.4) is 0 Å². The molecular formula is C15H13ClF2N2O. The quantitative estimate of drug-likeness (QED) is 0.889. The van der Waals surface area contributed by atoms with E-state index in [9.17, 15) is 13.6 Å². The maximum Gasteiger partial charge on any atom is 0.221 e. The van der Waals surface area contributed by atoms with Crippen LogP contribution in [0.15, 0.2) is 36.4 Å². The molecule has 1 amide bonds. The van der Waals surface area contributed by atoms with Gasteiger partial charge in [0.15, 0.2) is 0 Å². The maximum absolute atomic E-state index is 13.6. The monoisotopic (exact) mass is 310 g/mol. The van der Waals surface area contributed by atoms with Crippen LogP contribution in [0.5, 0.6) is 0 Å². The van der Waals surface area contributed by atoms with Crippen LogP contribution in [0.2, 0.25) is 5.02 Å².